The van der Waals surface area contributed by atoms with Crippen LogP contribution < -0.4 is 10.6 Å². The summed E-state index contributed by atoms with van der Waals surface area (Å²) in [5.41, 5.74) is 1.82. The van der Waals surface area contributed by atoms with E-state index < -0.39 is 23.7 Å². The quantitative estimate of drug-likeness (QED) is 0.488. The molecule has 9 heteroatoms. The smallest absolute Gasteiger partial charge is 0.408 e. The number of benzene rings is 1. The third-order valence-electron chi connectivity index (χ3n) is 5.81. The SMILES string of the molecule is CCOC(=O)CCNC(=O)C(c1c(C)cccc1C)N(C(=O)CNC(=O)OC(C)(C)C)C1CCC1. The van der Waals surface area contributed by atoms with Crippen LogP contribution in [0.3, 0.4) is 0 Å². The van der Waals surface area contributed by atoms with Gasteiger partial charge in [0.05, 0.1) is 13.0 Å². The van der Waals surface area contributed by atoms with E-state index in [1.807, 2.05) is 32.0 Å². The molecule has 0 radical (unpaired) electrons. The molecule has 0 saturated heterocycles. The molecule has 1 aliphatic carbocycles. The molecule has 1 saturated carbocycles. The summed E-state index contributed by atoms with van der Waals surface area (Å²) in [6.45, 7) is 10.8. The van der Waals surface area contributed by atoms with Gasteiger partial charge in [0, 0.05) is 12.6 Å². The van der Waals surface area contributed by atoms with Crippen molar-refractivity contribution in [2.24, 2.45) is 0 Å². The number of hydrogen-bond acceptors (Lipinski definition) is 6. The highest BCUT2D eigenvalue weighted by Gasteiger charge is 2.40. The second kappa shape index (κ2) is 12.6. The molecule has 0 aromatic heterocycles. The van der Waals surface area contributed by atoms with E-state index >= 15 is 0 Å². The minimum Gasteiger partial charge on any atom is -0.466 e. The number of amides is 3. The van der Waals surface area contributed by atoms with Crippen molar-refractivity contribution in [3.8, 4) is 0 Å². The van der Waals surface area contributed by atoms with Crippen molar-refractivity contribution in [3.63, 3.8) is 0 Å². The van der Waals surface area contributed by atoms with Gasteiger partial charge >= 0.3 is 12.1 Å². The highest BCUT2D eigenvalue weighted by Crippen LogP contribution is 2.35. The Morgan fingerprint density at radius 2 is 1.71 bits per heavy atom. The maximum Gasteiger partial charge on any atom is 0.408 e. The van der Waals surface area contributed by atoms with Gasteiger partial charge in [-0.2, -0.15) is 0 Å². The topological polar surface area (TPSA) is 114 Å². The van der Waals surface area contributed by atoms with Crippen LogP contribution >= 0.6 is 0 Å². The molecule has 0 spiro atoms. The van der Waals surface area contributed by atoms with Crippen molar-refractivity contribution >= 4 is 23.9 Å². The molecule has 1 aromatic carbocycles. The monoisotopic (exact) mass is 489 g/mol. The zero-order chi connectivity index (χ0) is 26.2. The van der Waals surface area contributed by atoms with Crippen molar-refractivity contribution in [2.75, 3.05) is 19.7 Å². The summed E-state index contributed by atoms with van der Waals surface area (Å²) >= 11 is 0. The van der Waals surface area contributed by atoms with E-state index in [4.69, 9.17) is 9.47 Å². The first kappa shape index (κ1) is 28.1. The van der Waals surface area contributed by atoms with E-state index in [1.54, 1.807) is 32.6 Å². The molecule has 35 heavy (non-hydrogen) atoms. The van der Waals surface area contributed by atoms with Crippen LogP contribution in [0.5, 0.6) is 0 Å². The lowest BCUT2D eigenvalue weighted by atomic mass is 9.86. The van der Waals surface area contributed by atoms with Crippen LogP contribution in [0.1, 0.15) is 76.1 Å². The average molecular weight is 490 g/mol. The van der Waals surface area contributed by atoms with E-state index in [0.717, 1.165) is 36.0 Å². The summed E-state index contributed by atoms with van der Waals surface area (Å²) in [6.07, 6.45) is 1.85. The summed E-state index contributed by atoms with van der Waals surface area (Å²) in [5.74, 6) is -1.14. The van der Waals surface area contributed by atoms with E-state index in [9.17, 15) is 19.2 Å². The van der Waals surface area contributed by atoms with E-state index in [0.29, 0.717) is 0 Å². The number of nitrogens with zero attached hydrogens (tertiary/aromatic N) is 1. The Kier molecular flexibility index (Phi) is 10.1. The van der Waals surface area contributed by atoms with Crippen LogP contribution in [-0.4, -0.2) is 60.1 Å². The van der Waals surface area contributed by atoms with Crippen LogP contribution in [0.15, 0.2) is 18.2 Å². The van der Waals surface area contributed by atoms with Crippen LogP contribution in [0.2, 0.25) is 0 Å². The van der Waals surface area contributed by atoms with Gasteiger partial charge in [0.25, 0.3) is 0 Å². The Morgan fingerprint density at radius 3 is 2.23 bits per heavy atom. The first-order valence-electron chi connectivity index (χ1n) is 12.2. The summed E-state index contributed by atoms with van der Waals surface area (Å²) in [6, 6.07) is 4.70. The van der Waals surface area contributed by atoms with Gasteiger partial charge in [-0.3, -0.25) is 14.4 Å². The first-order chi connectivity index (χ1) is 16.4. The second-order valence-electron chi connectivity index (χ2n) is 9.80. The highest BCUT2D eigenvalue weighted by molar-refractivity contribution is 5.91. The number of nitrogens with one attached hydrogen (secondary N) is 2. The molecule has 2 N–H and O–H groups in total. The molecule has 1 atom stereocenters. The van der Waals surface area contributed by atoms with E-state index in [-0.39, 0.29) is 44.0 Å². The molecule has 194 valence electrons. The van der Waals surface area contributed by atoms with Gasteiger partial charge in [-0.05, 0) is 77.5 Å². The normalized spacial score (nSPS) is 14.3. The number of ether oxygens (including phenoxy) is 2. The number of esters is 1. The fourth-order valence-corrected chi connectivity index (χ4v) is 4.05. The maximum atomic E-state index is 13.5. The predicted octanol–water partition coefficient (Wildman–Crippen LogP) is 3.32. The molecule has 0 bridgehead atoms. The van der Waals surface area contributed by atoms with Crippen LogP contribution in [0.4, 0.5) is 4.79 Å². The van der Waals surface area contributed by atoms with Crippen molar-refractivity contribution in [3.05, 3.63) is 34.9 Å². The molecule has 9 nitrogen and oxygen atoms in total. The second-order valence-corrected chi connectivity index (χ2v) is 9.80. The number of rotatable bonds is 10. The fourth-order valence-electron chi connectivity index (χ4n) is 4.05. The molecule has 3 amide bonds. The maximum absolute atomic E-state index is 13.5. The van der Waals surface area contributed by atoms with E-state index in [2.05, 4.69) is 10.6 Å². The average Bonchev–Trinajstić information content (AvgIpc) is 2.71. The van der Waals surface area contributed by atoms with Crippen molar-refractivity contribution in [1.82, 2.24) is 15.5 Å². The summed E-state index contributed by atoms with van der Waals surface area (Å²) in [5, 5.41) is 5.34. The van der Waals surface area contributed by atoms with E-state index in [1.165, 1.54) is 0 Å². The number of alkyl carbamates (subject to hydrolysis) is 1. The van der Waals surface area contributed by atoms with Gasteiger partial charge in [-0.15, -0.1) is 0 Å². The molecule has 1 unspecified atom stereocenters. The number of carbonyl (C=O) groups is 4. The predicted molar refractivity (Wildman–Crippen MR) is 132 cm³/mol. The van der Waals surface area contributed by atoms with Gasteiger partial charge in [-0.25, -0.2) is 4.79 Å². The Morgan fingerprint density at radius 1 is 1.09 bits per heavy atom. The van der Waals surface area contributed by atoms with Gasteiger partial charge in [-0.1, -0.05) is 18.2 Å². The summed E-state index contributed by atoms with van der Waals surface area (Å²) in [4.78, 5) is 52.5. The number of carbonyl (C=O) groups excluding carboxylic acids is 4. The molecule has 0 heterocycles. The Bertz CT molecular complexity index is 900. The standard InChI is InChI=1S/C26H39N3O6/c1-7-34-21(31)14-15-27-24(32)23(22-17(2)10-8-11-18(22)3)29(19-12-9-13-19)20(30)16-28-25(33)35-26(4,5)6/h8,10-11,19,23H,7,9,12-16H2,1-6H3,(H,27,32)(H,28,33). The van der Waals surface area contributed by atoms with Crippen LogP contribution in [0, 0.1) is 13.8 Å². The number of aryl methyl sites for hydroxylation is 2. The highest BCUT2D eigenvalue weighted by atomic mass is 16.6. The van der Waals surface area contributed by atoms with Crippen molar-refractivity contribution in [1.29, 1.82) is 0 Å². The number of hydrogen-bond donors (Lipinski definition) is 2. The molecule has 1 aliphatic rings. The van der Waals surface area contributed by atoms with Crippen LogP contribution in [0.25, 0.3) is 0 Å². The van der Waals surface area contributed by atoms with Gasteiger partial charge < -0.3 is 25.0 Å². The first-order valence-corrected chi connectivity index (χ1v) is 12.2. The van der Waals surface area contributed by atoms with Gasteiger partial charge in [0.2, 0.25) is 11.8 Å². The minimum absolute atomic E-state index is 0.0383. The lowest BCUT2D eigenvalue weighted by Crippen LogP contribution is -2.54. The Hall–Kier alpha value is -3.10. The summed E-state index contributed by atoms with van der Waals surface area (Å²) in [7, 11) is 0. The largest absolute Gasteiger partial charge is 0.466 e. The molecule has 1 aromatic rings. The van der Waals surface area contributed by atoms with Gasteiger partial charge in [0.15, 0.2) is 0 Å². The third kappa shape index (κ3) is 8.26. The molecule has 1 fully saturated rings. The van der Waals surface area contributed by atoms with Gasteiger partial charge in [0.1, 0.15) is 18.2 Å². The Labute approximate surface area is 207 Å². The molecular weight excluding hydrogens is 450 g/mol. The van der Waals surface area contributed by atoms with Crippen molar-refractivity contribution in [2.45, 2.75) is 84.9 Å². The van der Waals surface area contributed by atoms with Crippen molar-refractivity contribution < 1.29 is 28.7 Å². The minimum atomic E-state index is -0.892. The van der Waals surface area contributed by atoms with Crippen LogP contribution in [-0.2, 0) is 23.9 Å². The molecule has 2 rings (SSSR count). The zero-order valence-electron chi connectivity index (χ0n) is 21.7. The summed E-state index contributed by atoms with van der Waals surface area (Å²) < 4.78 is 10.2. The molecular formula is C26H39N3O6. The Balaban J connectivity index is 2.30. The lowest BCUT2D eigenvalue weighted by Gasteiger charge is -2.43. The molecule has 0 aliphatic heterocycles. The zero-order valence-corrected chi connectivity index (χ0v) is 21.7. The lowest BCUT2D eigenvalue weighted by molar-refractivity contribution is -0.146. The third-order valence-corrected chi connectivity index (χ3v) is 5.81. The fraction of sp³-hybridized carbons (Fsp3) is 0.615.